The van der Waals surface area contributed by atoms with E-state index in [-0.39, 0.29) is 0 Å². The lowest BCUT2D eigenvalue weighted by molar-refractivity contribution is 0.669. The van der Waals surface area contributed by atoms with Crippen molar-refractivity contribution < 1.29 is 4.42 Å². The van der Waals surface area contributed by atoms with Crippen LogP contribution in [0.4, 0.5) is 0 Å². The largest absolute Gasteiger partial charge is 0.456 e. The fourth-order valence-electron chi connectivity index (χ4n) is 7.53. The van der Waals surface area contributed by atoms with Gasteiger partial charge in [-0.2, -0.15) is 0 Å². The SMILES string of the molecule is c1ccc(-c2ccc(-c3cc(-c4ccc5oc6ccccc6c5c4)cc(-c4cc(-c5ccccc5-c5ccccc5)nc(-c5ccccc5)n4)c3)cc2)cc1. The summed E-state index contributed by atoms with van der Waals surface area (Å²) in [6, 6.07) is 72.3. The molecule has 2 heterocycles. The smallest absolute Gasteiger partial charge is 0.160 e. The molecule has 0 bridgehead atoms. The number of para-hydroxylation sites is 1. The summed E-state index contributed by atoms with van der Waals surface area (Å²) in [5, 5.41) is 2.21. The van der Waals surface area contributed by atoms with Crippen LogP contribution in [0.15, 0.2) is 211 Å². The number of rotatable bonds is 7. The monoisotopic (exact) mass is 702 g/mol. The zero-order chi connectivity index (χ0) is 36.6. The third-order valence-electron chi connectivity index (χ3n) is 10.3. The van der Waals surface area contributed by atoms with E-state index >= 15 is 0 Å². The van der Waals surface area contributed by atoms with E-state index in [1.807, 2.05) is 30.3 Å². The summed E-state index contributed by atoms with van der Waals surface area (Å²) >= 11 is 0. The van der Waals surface area contributed by atoms with Crippen LogP contribution in [0.25, 0.3) is 100 Å². The predicted octanol–water partition coefficient (Wildman–Crippen LogP) is 14.0. The first-order chi connectivity index (χ1) is 27.2. The molecule has 0 amide bonds. The molecular weight excluding hydrogens is 669 g/mol. The first kappa shape index (κ1) is 32.3. The van der Waals surface area contributed by atoms with Crippen molar-refractivity contribution in [1.29, 1.82) is 0 Å². The zero-order valence-electron chi connectivity index (χ0n) is 29.9. The summed E-state index contributed by atoms with van der Waals surface area (Å²) in [6.45, 7) is 0. The molecule has 0 saturated heterocycles. The number of aromatic nitrogens is 2. The third kappa shape index (κ3) is 6.28. The Morgan fingerprint density at radius 2 is 0.764 bits per heavy atom. The first-order valence-electron chi connectivity index (χ1n) is 18.6. The predicted molar refractivity (Wildman–Crippen MR) is 227 cm³/mol. The van der Waals surface area contributed by atoms with Crippen molar-refractivity contribution in [3.8, 4) is 78.4 Å². The maximum absolute atomic E-state index is 6.21. The molecule has 10 aromatic rings. The Balaban J connectivity index is 1.18. The molecule has 0 N–H and O–H groups in total. The lowest BCUT2D eigenvalue weighted by atomic mass is 9.92. The number of furan rings is 1. The molecule has 8 aromatic carbocycles. The quantitative estimate of drug-likeness (QED) is 0.166. The van der Waals surface area contributed by atoms with Gasteiger partial charge in [-0.05, 0) is 87.0 Å². The fraction of sp³-hybridized carbons (Fsp3) is 0. The highest BCUT2D eigenvalue weighted by Crippen LogP contribution is 2.39. The van der Waals surface area contributed by atoms with Crippen LogP contribution in [-0.4, -0.2) is 9.97 Å². The molecule has 0 aliphatic heterocycles. The van der Waals surface area contributed by atoms with Crippen LogP contribution in [0.3, 0.4) is 0 Å². The van der Waals surface area contributed by atoms with Gasteiger partial charge in [0.2, 0.25) is 0 Å². The van der Waals surface area contributed by atoms with Gasteiger partial charge >= 0.3 is 0 Å². The van der Waals surface area contributed by atoms with E-state index in [4.69, 9.17) is 14.4 Å². The molecule has 0 spiro atoms. The van der Waals surface area contributed by atoms with Crippen LogP contribution in [0.1, 0.15) is 0 Å². The van der Waals surface area contributed by atoms with Crippen LogP contribution in [0, 0.1) is 0 Å². The second-order valence-electron chi connectivity index (χ2n) is 13.8. The highest BCUT2D eigenvalue weighted by Gasteiger charge is 2.17. The number of hydrogen-bond acceptors (Lipinski definition) is 3. The Morgan fingerprint density at radius 3 is 1.49 bits per heavy atom. The minimum atomic E-state index is 0.682. The van der Waals surface area contributed by atoms with Crippen molar-refractivity contribution in [1.82, 2.24) is 9.97 Å². The average molecular weight is 703 g/mol. The number of nitrogens with zero attached hydrogens (tertiary/aromatic N) is 2. The van der Waals surface area contributed by atoms with Gasteiger partial charge in [-0.25, -0.2) is 9.97 Å². The molecule has 10 rings (SSSR count). The molecule has 55 heavy (non-hydrogen) atoms. The minimum absolute atomic E-state index is 0.682. The Labute approximate surface area is 319 Å². The molecule has 0 aliphatic carbocycles. The van der Waals surface area contributed by atoms with Crippen LogP contribution in [0.2, 0.25) is 0 Å². The average Bonchev–Trinajstić information content (AvgIpc) is 3.65. The maximum Gasteiger partial charge on any atom is 0.160 e. The van der Waals surface area contributed by atoms with Gasteiger partial charge in [0.15, 0.2) is 5.82 Å². The summed E-state index contributed by atoms with van der Waals surface area (Å²) < 4.78 is 6.21. The van der Waals surface area contributed by atoms with Gasteiger partial charge in [0, 0.05) is 27.5 Å². The summed E-state index contributed by atoms with van der Waals surface area (Å²) in [5.41, 5.74) is 15.6. The number of benzene rings is 8. The van der Waals surface area contributed by atoms with E-state index in [2.05, 4.69) is 176 Å². The van der Waals surface area contributed by atoms with E-state index in [0.717, 1.165) is 83.4 Å². The van der Waals surface area contributed by atoms with E-state index in [1.54, 1.807) is 0 Å². The highest BCUT2D eigenvalue weighted by molar-refractivity contribution is 6.06. The van der Waals surface area contributed by atoms with Crippen LogP contribution >= 0.6 is 0 Å². The highest BCUT2D eigenvalue weighted by atomic mass is 16.3. The summed E-state index contributed by atoms with van der Waals surface area (Å²) in [7, 11) is 0. The number of hydrogen-bond donors (Lipinski definition) is 0. The Bertz CT molecular complexity index is 2950. The minimum Gasteiger partial charge on any atom is -0.456 e. The van der Waals surface area contributed by atoms with Gasteiger partial charge in [-0.3, -0.25) is 0 Å². The van der Waals surface area contributed by atoms with Gasteiger partial charge in [0.05, 0.1) is 11.4 Å². The second kappa shape index (κ2) is 13.9. The van der Waals surface area contributed by atoms with Crippen molar-refractivity contribution in [3.63, 3.8) is 0 Å². The molecular formula is C52H34N2O. The van der Waals surface area contributed by atoms with Crippen LogP contribution < -0.4 is 0 Å². The van der Waals surface area contributed by atoms with Crippen LogP contribution in [0.5, 0.6) is 0 Å². The lowest BCUT2D eigenvalue weighted by Gasteiger charge is -2.15. The van der Waals surface area contributed by atoms with E-state index < -0.39 is 0 Å². The molecule has 0 fully saturated rings. The van der Waals surface area contributed by atoms with Crippen molar-refractivity contribution in [2.45, 2.75) is 0 Å². The van der Waals surface area contributed by atoms with Gasteiger partial charge in [-0.15, -0.1) is 0 Å². The van der Waals surface area contributed by atoms with Gasteiger partial charge < -0.3 is 4.42 Å². The Kier molecular flexibility index (Phi) is 8.16. The van der Waals surface area contributed by atoms with Crippen molar-refractivity contribution >= 4 is 21.9 Å². The van der Waals surface area contributed by atoms with E-state index in [0.29, 0.717) is 5.82 Å². The molecule has 258 valence electrons. The molecule has 3 heteroatoms. The fourth-order valence-corrected chi connectivity index (χ4v) is 7.53. The molecule has 0 aliphatic rings. The van der Waals surface area contributed by atoms with Crippen molar-refractivity contribution in [2.75, 3.05) is 0 Å². The van der Waals surface area contributed by atoms with E-state index in [9.17, 15) is 0 Å². The van der Waals surface area contributed by atoms with Crippen LogP contribution in [-0.2, 0) is 0 Å². The summed E-state index contributed by atoms with van der Waals surface area (Å²) in [5.74, 6) is 0.682. The van der Waals surface area contributed by atoms with E-state index in [1.165, 1.54) is 11.1 Å². The normalized spacial score (nSPS) is 11.3. The van der Waals surface area contributed by atoms with Crippen molar-refractivity contribution in [2.24, 2.45) is 0 Å². The molecule has 3 nitrogen and oxygen atoms in total. The Morgan fingerprint density at radius 1 is 0.273 bits per heavy atom. The molecule has 0 radical (unpaired) electrons. The molecule has 0 atom stereocenters. The number of fused-ring (bicyclic) bond motifs is 3. The topological polar surface area (TPSA) is 38.9 Å². The zero-order valence-corrected chi connectivity index (χ0v) is 29.9. The van der Waals surface area contributed by atoms with Crippen molar-refractivity contribution in [3.05, 3.63) is 206 Å². The molecule has 2 aromatic heterocycles. The third-order valence-corrected chi connectivity index (χ3v) is 10.3. The Hall–Kier alpha value is -7.36. The first-order valence-corrected chi connectivity index (χ1v) is 18.6. The second-order valence-corrected chi connectivity index (χ2v) is 13.8. The molecule has 0 unspecified atom stereocenters. The standard InChI is InChI=1S/C52H34N2O/c1-4-14-35(15-5-1)36-24-26-37(27-25-36)41-30-42(40-28-29-51-47(33-40)46-22-12-13-23-50(46)55-51)32-43(31-41)48-34-49(54-52(53-48)39-18-8-3-9-19-39)45-21-11-10-20-44(45)38-16-6-2-7-17-38/h1-34H. The maximum atomic E-state index is 6.21. The van der Waals surface area contributed by atoms with Gasteiger partial charge in [0.25, 0.3) is 0 Å². The van der Waals surface area contributed by atoms with Gasteiger partial charge in [-0.1, -0.05) is 164 Å². The summed E-state index contributed by atoms with van der Waals surface area (Å²) in [6.07, 6.45) is 0. The molecule has 0 saturated carbocycles. The lowest BCUT2D eigenvalue weighted by Crippen LogP contribution is -1.97. The summed E-state index contributed by atoms with van der Waals surface area (Å²) in [4.78, 5) is 10.5. The van der Waals surface area contributed by atoms with Gasteiger partial charge in [0.1, 0.15) is 11.2 Å².